The SMILES string of the molecule is CCOc1ccc(N2C(=O)/C(=C\c3cn(CC(=O)N4CCCC4)c4ccccc34)NC2=S)cc1. The van der Waals surface area contributed by atoms with Crippen LogP contribution >= 0.6 is 12.2 Å². The molecule has 3 aromatic rings. The van der Waals surface area contributed by atoms with Crippen LogP contribution in [0.15, 0.2) is 60.4 Å². The molecule has 2 aliphatic heterocycles. The van der Waals surface area contributed by atoms with Crippen LogP contribution in [-0.2, 0) is 16.1 Å². The predicted molar refractivity (Wildman–Crippen MR) is 137 cm³/mol. The molecule has 3 heterocycles. The Morgan fingerprint density at radius 2 is 1.85 bits per heavy atom. The van der Waals surface area contributed by atoms with Gasteiger partial charge in [0, 0.05) is 35.8 Å². The average Bonchev–Trinajstić information content (AvgIpc) is 3.55. The van der Waals surface area contributed by atoms with Crippen molar-refractivity contribution in [1.82, 2.24) is 14.8 Å². The number of nitrogens with one attached hydrogen (secondary N) is 1. The van der Waals surface area contributed by atoms with Crippen molar-refractivity contribution in [3.05, 3.63) is 66.0 Å². The van der Waals surface area contributed by atoms with E-state index in [0.717, 1.165) is 48.1 Å². The summed E-state index contributed by atoms with van der Waals surface area (Å²) in [5.74, 6) is 0.637. The molecule has 0 saturated carbocycles. The van der Waals surface area contributed by atoms with E-state index < -0.39 is 0 Å². The van der Waals surface area contributed by atoms with Gasteiger partial charge in [-0.1, -0.05) is 18.2 Å². The third-order valence-electron chi connectivity index (χ3n) is 6.17. The number of para-hydroxylation sites is 1. The lowest BCUT2D eigenvalue weighted by Gasteiger charge is -2.15. The Kier molecular flexibility index (Phi) is 6.06. The van der Waals surface area contributed by atoms with Gasteiger partial charge in [0.25, 0.3) is 5.91 Å². The molecule has 0 radical (unpaired) electrons. The molecule has 1 aromatic heterocycles. The van der Waals surface area contributed by atoms with Gasteiger partial charge in [-0.3, -0.25) is 14.5 Å². The minimum Gasteiger partial charge on any atom is -0.494 e. The van der Waals surface area contributed by atoms with Crippen LogP contribution < -0.4 is 15.0 Å². The molecule has 0 unspecified atom stereocenters. The molecule has 2 aliphatic rings. The number of carbonyl (C=O) groups excluding carboxylic acids is 2. The van der Waals surface area contributed by atoms with Crippen LogP contribution in [0, 0.1) is 0 Å². The summed E-state index contributed by atoms with van der Waals surface area (Å²) in [5, 5.41) is 4.36. The predicted octanol–water partition coefficient (Wildman–Crippen LogP) is 3.92. The first-order valence-corrected chi connectivity index (χ1v) is 11.9. The number of thiocarbonyl (C=S) groups is 1. The van der Waals surface area contributed by atoms with Crippen LogP contribution in [0.5, 0.6) is 5.75 Å². The lowest BCUT2D eigenvalue weighted by atomic mass is 10.1. The molecule has 34 heavy (non-hydrogen) atoms. The maximum Gasteiger partial charge on any atom is 0.281 e. The first kappa shape index (κ1) is 22.2. The van der Waals surface area contributed by atoms with Crippen molar-refractivity contribution in [3.63, 3.8) is 0 Å². The molecule has 7 nitrogen and oxygen atoms in total. The van der Waals surface area contributed by atoms with E-state index in [9.17, 15) is 9.59 Å². The topological polar surface area (TPSA) is 66.8 Å². The molecule has 0 atom stereocenters. The number of aromatic nitrogens is 1. The molecule has 5 rings (SSSR count). The molecule has 1 N–H and O–H groups in total. The van der Waals surface area contributed by atoms with Crippen molar-refractivity contribution in [2.24, 2.45) is 0 Å². The normalized spacial score (nSPS) is 17.1. The lowest BCUT2D eigenvalue weighted by molar-refractivity contribution is -0.130. The number of rotatable bonds is 6. The molecule has 2 aromatic carbocycles. The number of likely N-dealkylation sites (tertiary alicyclic amines) is 1. The zero-order chi connectivity index (χ0) is 23.7. The number of ether oxygens (including phenoxy) is 1. The molecule has 2 saturated heterocycles. The third kappa shape index (κ3) is 4.17. The summed E-state index contributed by atoms with van der Waals surface area (Å²) in [4.78, 5) is 29.4. The number of fused-ring (bicyclic) bond motifs is 1. The van der Waals surface area contributed by atoms with Gasteiger partial charge in [-0.25, -0.2) is 0 Å². The smallest absolute Gasteiger partial charge is 0.281 e. The van der Waals surface area contributed by atoms with Crippen molar-refractivity contribution in [2.45, 2.75) is 26.3 Å². The van der Waals surface area contributed by atoms with Gasteiger partial charge in [0.05, 0.1) is 12.3 Å². The Morgan fingerprint density at radius 1 is 1.12 bits per heavy atom. The van der Waals surface area contributed by atoms with Gasteiger partial charge in [0.1, 0.15) is 18.0 Å². The van der Waals surface area contributed by atoms with Gasteiger partial charge >= 0.3 is 0 Å². The summed E-state index contributed by atoms with van der Waals surface area (Å²) in [6, 6.07) is 15.2. The van der Waals surface area contributed by atoms with E-state index in [-0.39, 0.29) is 18.4 Å². The van der Waals surface area contributed by atoms with E-state index in [2.05, 4.69) is 5.32 Å². The minimum atomic E-state index is -0.223. The molecule has 0 bridgehead atoms. The second kappa shape index (κ2) is 9.30. The van der Waals surface area contributed by atoms with E-state index in [1.165, 1.54) is 4.90 Å². The standard InChI is InChI=1S/C26H26N4O3S/c1-2-33-20-11-9-19(10-12-20)30-25(32)22(27-26(30)34)15-18-16-29(23-8-4-3-7-21(18)23)17-24(31)28-13-5-6-14-28/h3-4,7-12,15-16H,2,5-6,13-14,17H2,1H3,(H,27,34)/b22-15+. The van der Waals surface area contributed by atoms with Crippen LogP contribution in [0.4, 0.5) is 5.69 Å². The van der Waals surface area contributed by atoms with Crippen LogP contribution in [0.3, 0.4) is 0 Å². The molecule has 0 aliphatic carbocycles. The molecular formula is C26H26N4O3S. The molecule has 0 spiro atoms. The zero-order valence-electron chi connectivity index (χ0n) is 19.0. The van der Waals surface area contributed by atoms with Crippen molar-refractivity contribution in [2.75, 3.05) is 24.6 Å². The maximum atomic E-state index is 13.2. The van der Waals surface area contributed by atoms with Crippen molar-refractivity contribution < 1.29 is 14.3 Å². The third-order valence-corrected chi connectivity index (χ3v) is 6.45. The van der Waals surface area contributed by atoms with Gasteiger partial charge in [-0.2, -0.15) is 0 Å². The Bertz CT molecular complexity index is 1290. The fourth-order valence-corrected chi connectivity index (χ4v) is 4.81. The second-order valence-corrected chi connectivity index (χ2v) is 8.76. The largest absolute Gasteiger partial charge is 0.494 e. The van der Waals surface area contributed by atoms with Crippen molar-refractivity contribution in [3.8, 4) is 5.75 Å². The minimum absolute atomic E-state index is 0.121. The van der Waals surface area contributed by atoms with Gasteiger partial charge in [-0.15, -0.1) is 0 Å². The number of carbonyl (C=O) groups is 2. The monoisotopic (exact) mass is 474 g/mol. The molecular weight excluding hydrogens is 448 g/mol. The molecule has 2 fully saturated rings. The average molecular weight is 475 g/mol. The number of anilines is 1. The van der Waals surface area contributed by atoms with E-state index >= 15 is 0 Å². The Morgan fingerprint density at radius 3 is 2.59 bits per heavy atom. The first-order valence-electron chi connectivity index (χ1n) is 11.5. The fraction of sp³-hybridized carbons (Fsp3) is 0.269. The maximum absolute atomic E-state index is 13.2. The zero-order valence-corrected chi connectivity index (χ0v) is 19.8. The summed E-state index contributed by atoms with van der Waals surface area (Å²) in [6.07, 6.45) is 5.87. The highest BCUT2D eigenvalue weighted by Gasteiger charge is 2.32. The number of nitrogens with zero attached hydrogens (tertiary/aromatic N) is 3. The fourth-order valence-electron chi connectivity index (χ4n) is 4.52. The highest BCUT2D eigenvalue weighted by atomic mass is 32.1. The van der Waals surface area contributed by atoms with E-state index in [1.807, 2.05) is 77.2 Å². The van der Waals surface area contributed by atoms with E-state index in [0.29, 0.717) is 23.1 Å². The van der Waals surface area contributed by atoms with Crippen molar-refractivity contribution >= 4 is 51.8 Å². The van der Waals surface area contributed by atoms with Gasteiger partial charge in [0.2, 0.25) is 5.91 Å². The lowest BCUT2D eigenvalue weighted by Crippen LogP contribution is -2.30. The second-order valence-electron chi connectivity index (χ2n) is 8.37. The Labute approximate surface area is 203 Å². The van der Waals surface area contributed by atoms with Gasteiger partial charge in [-0.05, 0) is 68.4 Å². The van der Waals surface area contributed by atoms with E-state index in [1.54, 1.807) is 0 Å². The van der Waals surface area contributed by atoms with E-state index in [4.69, 9.17) is 17.0 Å². The quantitative estimate of drug-likeness (QED) is 0.433. The summed E-state index contributed by atoms with van der Waals surface area (Å²) < 4.78 is 7.45. The van der Waals surface area contributed by atoms with Crippen molar-refractivity contribution in [1.29, 1.82) is 0 Å². The number of amides is 2. The summed E-state index contributed by atoms with van der Waals surface area (Å²) in [6.45, 7) is 4.43. The van der Waals surface area contributed by atoms with Crippen LogP contribution in [0.1, 0.15) is 25.3 Å². The summed E-state index contributed by atoms with van der Waals surface area (Å²) in [5.41, 5.74) is 2.89. The first-order chi connectivity index (χ1) is 16.5. The highest BCUT2D eigenvalue weighted by molar-refractivity contribution is 7.80. The number of hydrogen-bond acceptors (Lipinski definition) is 4. The summed E-state index contributed by atoms with van der Waals surface area (Å²) >= 11 is 5.46. The number of hydrogen-bond donors (Lipinski definition) is 1. The highest BCUT2D eigenvalue weighted by Crippen LogP contribution is 2.28. The summed E-state index contributed by atoms with van der Waals surface area (Å²) in [7, 11) is 0. The molecule has 2 amide bonds. The van der Waals surface area contributed by atoms with Crippen LogP contribution in [-0.4, -0.2) is 46.1 Å². The Hall–Kier alpha value is -3.65. The Balaban J connectivity index is 1.43. The van der Waals surface area contributed by atoms with Gasteiger partial charge in [0.15, 0.2) is 5.11 Å². The van der Waals surface area contributed by atoms with Gasteiger partial charge < -0.3 is 19.5 Å². The number of benzene rings is 2. The molecule has 8 heteroatoms. The van der Waals surface area contributed by atoms with Crippen LogP contribution in [0.25, 0.3) is 17.0 Å². The molecule has 174 valence electrons. The van der Waals surface area contributed by atoms with Crippen LogP contribution in [0.2, 0.25) is 0 Å².